The Morgan fingerprint density at radius 3 is 1.09 bits per heavy atom. The van der Waals surface area contributed by atoms with Gasteiger partial charge in [0.15, 0.2) is 0 Å². The van der Waals surface area contributed by atoms with Gasteiger partial charge in [0.2, 0.25) is 0 Å². The fourth-order valence-electron chi connectivity index (χ4n) is 8.13. The Balaban J connectivity index is 0.000000230. The summed E-state index contributed by atoms with van der Waals surface area (Å²) >= 11 is -1.81. The maximum atomic E-state index is 2.54. The van der Waals surface area contributed by atoms with Crippen LogP contribution in [0.5, 0.6) is 0 Å². The summed E-state index contributed by atoms with van der Waals surface area (Å²) in [5.41, 5.74) is 18.7. The van der Waals surface area contributed by atoms with Crippen molar-refractivity contribution in [2.24, 2.45) is 0 Å². The van der Waals surface area contributed by atoms with Crippen molar-refractivity contribution in [3.8, 4) is 0 Å². The van der Waals surface area contributed by atoms with Crippen LogP contribution < -0.4 is 24.8 Å². The van der Waals surface area contributed by atoms with Gasteiger partial charge in [-0.05, 0) is 0 Å². The van der Waals surface area contributed by atoms with E-state index in [4.69, 9.17) is 0 Å². The third kappa shape index (κ3) is 5.71. The molecule has 2 aromatic rings. The van der Waals surface area contributed by atoms with Gasteiger partial charge < -0.3 is 24.8 Å². The minimum Gasteiger partial charge on any atom is -1.00 e. The van der Waals surface area contributed by atoms with Crippen LogP contribution in [0, 0.1) is 0 Å². The molecule has 0 amide bonds. The number of hydrogen-bond donors (Lipinski definition) is 0. The molecule has 0 saturated heterocycles. The van der Waals surface area contributed by atoms with Crippen molar-refractivity contribution in [2.75, 3.05) is 0 Å². The molecule has 0 heterocycles. The minimum absolute atomic E-state index is 0. The van der Waals surface area contributed by atoms with Crippen LogP contribution in [0.25, 0.3) is 12.2 Å². The molecule has 0 nitrogen and oxygen atoms in total. The first kappa shape index (κ1) is 37.4. The molecule has 0 aromatic heterocycles. The molecule has 6 rings (SSSR count). The van der Waals surface area contributed by atoms with E-state index in [2.05, 4.69) is 150 Å². The molecule has 0 fully saturated rings. The molecule has 4 aliphatic rings. The van der Waals surface area contributed by atoms with E-state index in [9.17, 15) is 0 Å². The van der Waals surface area contributed by atoms with E-state index in [1.165, 1.54) is 22.3 Å². The zero-order valence-electron chi connectivity index (χ0n) is 28.0. The quantitative estimate of drug-likeness (QED) is 0.375. The van der Waals surface area contributed by atoms with Gasteiger partial charge >= 0.3 is 279 Å². The van der Waals surface area contributed by atoms with Crippen molar-refractivity contribution in [1.29, 1.82) is 0 Å². The normalized spacial score (nSPS) is 22.1. The Hall–Kier alpha value is -1.06. The molecule has 2 unspecified atom stereocenters. The van der Waals surface area contributed by atoms with Gasteiger partial charge in [-0.15, -0.1) is 0 Å². The fourth-order valence-corrected chi connectivity index (χ4v) is 20.3. The van der Waals surface area contributed by atoms with Crippen LogP contribution in [0.2, 0.25) is 6.34 Å². The van der Waals surface area contributed by atoms with Gasteiger partial charge in [-0.25, -0.2) is 0 Å². The third-order valence-corrected chi connectivity index (χ3v) is 24.0. The summed E-state index contributed by atoms with van der Waals surface area (Å²) in [4.78, 5) is 0. The molecule has 0 N–H and O–H groups in total. The zero-order chi connectivity index (χ0) is 30.4. The summed E-state index contributed by atoms with van der Waals surface area (Å²) in [5.74, 6) is 1.11. The Morgan fingerprint density at radius 2 is 0.795 bits per heavy atom. The Labute approximate surface area is 301 Å². The first-order valence-electron chi connectivity index (χ1n) is 15.5. The summed E-state index contributed by atoms with van der Waals surface area (Å²) < 4.78 is 5.75. The number of allylic oxidation sites excluding steroid dienone is 10. The van der Waals surface area contributed by atoms with Crippen LogP contribution in [-0.4, -0.2) is 7.52 Å². The average Bonchev–Trinajstić information content (AvgIpc) is 3.71. The summed E-state index contributed by atoms with van der Waals surface area (Å²) in [6.07, 6.45) is 9.62. The molecule has 2 aromatic carbocycles. The number of benzene rings is 2. The molecule has 4 heteroatoms. The molecule has 0 saturated carbocycles. The van der Waals surface area contributed by atoms with E-state index in [0.29, 0.717) is 18.2 Å². The summed E-state index contributed by atoms with van der Waals surface area (Å²) in [6, 6.07) is 17.9. The van der Waals surface area contributed by atoms with Crippen LogP contribution in [0.3, 0.4) is 0 Å². The molecular weight excluding hydrogens is 908 g/mol. The first-order chi connectivity index (χ1) is 20.1. The van der Waals surface area contributed by atoms with Gasteiger partial charge in [0.25, 0.3) is 0 Å². The fraction of sp³-hybridized carbons (Fsp3) is 0.350. The van der Waals surface area contributed by atoms with Gasteiger partial charge in [0, 0.05) is 0 Å². The second-order valence-corrected chi connectivity index (χ2v) is 24.3. The standard InChI is InChI=1S/2C18H19.2C2H4.2ClH.2Hf/c2*1-11-12(2)14(4)18(13(11)3)17-10-9-15-7-5-6-8-16(15)17;2*1-2;;;;/h2*5-10,17H,1-4H3;2*1H,2H3;2*1H;;/q;;;;;;2*+1/p-2. The summed E-state index contributed by atoms with van der Waals surface area (Å²) in [7, 11) is 0. The third-order valence-electron chi connectivity index (χ3n) is 11.0. The van der Waals surface area contributed by atoms with Crippen LogP contribution in [-0.2, 0) is 44.8 Å². The first-order valence-corrected chi connectivity index (χ1v) is 23.2. The van der Waals surface area contributed by atoms with Crippen LogP contribution in [0.15, 0.2) is 105 Å². The van der Waals surface area contributed by atoms with E-state index in [0.717, 1.165) is 0 Å². The van der Waals surface area contributed by atoms with Crippen LogP contribution in [0.4, 0.5) is 0 Å². The van der Waals surface area contributed by atoms with Gasteiger partial charge in [0.05, 0.1) is 0 Å². The van der Waals surface area contributed by atoms with Crippen molar-refractivity contribution >= 4 is 19.7 Å². The maximum absolute atomic E-state index is 2.54. The largest absolute Gasteiger partial charge is 1.00 e. The molecule has 228 valence electrons. The Bertz CT molecular complexity index is 1520. The number of halogens is 2. The zero-order valence-corrected chi connectivity index (χ0v) is 36.7. The molecule has 0 spiro atoms. The molecule has 44 heavy (non-hydrogen) atoms. The minimum atomic E-state index is -0.905. The van der Waals surface area contributed by atoms with E-state index in [-0.39, 0.29) is 24.8 Å². The van der Waals surface area contributed by atoms with Crippen LogP contribution >= 0.6 is 0 Å². The smallest absolute Gasteiger partial charge is 1.00 e. The average molecular weight is 955 g/mol. The van der Waals surface area contributed by atoms with E-state index in [1.807, 2.05) is 0 Å². The number of hydrogen-bond acceptors (Lipinski definition) is 0. The van der Waals surface area contributed by atoms with Gasteiger partial charge in [-0.2, -0.15) is 0 Å². The Kier molecular flexibility index (Phi) is 12.6. The van der Waals surface area contributed by atoms with E-state index >= 15 is 0 Å². The molecule has 0 aliphatic heterocycles. The van der Waals surface area contributed by atoms with Crippen molar-refractivity contribution in [3.05, 3.63) is 128 Å². The van der Waals surface area contributed by atoms with Crippen molar-refractivity contribution < 1.29 is 69.7 Å². The van der Waals surface area contributed by atoms with Crippen LogP contribution in [0.1, 0.15) is 103 Å². The summed E-state index contributed by atoms with van der Waals surface area (Å²) in [5, 5.41) is 0. The maximum Gasteiger partial charge on any atom is -1.00 e. The van der Waals surface area contributed by atoms with Crippen molar-refractivity contribution in [3.63, 3.8) is 0 Å². The Morgan fingerprint density at radius 1 is 0.500 bits per heavy atom. The molecule has 0 bridgehead atoms. The second kappa shape index (κ2) is 14.8. The predicted molar refractivity (Wildman–Crippen MR) is 179 cm³/mol. The van der Waals surface area contributed by atoms with Crippen molar-refractivity contribution in [1.82, 2.24) is 0 Å². The van der Waals surface area contributed by atoms with Gasteiger partial charge in [0.1, 0.15) is 0 Å². The predicted octanol–water partition coefficient (Wildman–Crippen LogP) is 5.10. The SMILES string of the molecule is C[CH]=[Hf+][C]1(C2C=Cc3ccccc32)C(C)=C(C)C(C)=C1C.C[CH]=[Hf+][C]1(C2C=Cc3ccccc32)C(C)=C(C)C(C)=C1C.[Cl-].[Cl-]. The monoisotopic (exact) mass is 956 g/mol. The van der Waals surface area contributed by atoms with E-state index < -0.39 is 44.8 Å². The number of rotatable bonds is 4. The topological polar surface area (TPSA) is 0 Å². The molecular formula is C40H46Cl2Hf2. The van der Waals surface area contributed by atoms with E-state index in [1.54, 1.807) is 44.6 Å². The molecule has 2 atom stereocenters. The molecule has 4 aliphatic carbocycles. The molecule has 0 radical (unpaired) electrons. The van der Waals surface area contributed by atoms with Gasteiger partial charge in [-0.1, -0.05) is 0 Å². The summed E-state index contributed by atoms with van der Waals surface area (Å²) in [6.45, 7) is 23.4. The number of fused-ring (bicyclic) bond motifs is 2. The second-order valence-electron chi connectivity index (χ2n) is 12.4. The van der Waals surface area contributed by atoms with Gasteiger partial charge in [-0.3, -0.25) is 0 Å². The van der Waals surface area contributed by atoms with Crippen molar-refractivity contribution in [2.45, 2.75) is 87.4 Å².